The molecule has 2 N–H and O–H groups in total. The molecule has 0 rings (SSSR count). The maximum atomic E-state index is 11.4. The summed E-state index contributed by atoms with van der Waals surface area (Å²) < 4.78 is 30.0. The highest BCUT2D eigenvalue weighted by Gasteiger charge is 2.33. The summed E-state index contributed by atoms with van der Waals surface area (Å²) in [6, 6.07) is 0. The highest BCUT2D eigenvalue weighted by atomic mass is 32.2. The van der Waals surface area contributed by atoms with Gasteiger partial charge in [0.05, 0.1) is 11.5 Å². The minimum Gasteiger partial charge on any atom is -0.301 e. The lowest BCUT2D eigenvalue weighted by Gasteiger charge is -2.22. The van der Waals surface area contributed by atoms with Crippen LogP contribution in [0.4, 0.5) is 0 Å². The van der Waals surface area contributed by atoms with E-state index in [0.29, 0.717) is 0 Å². The van der Waals surface area contributed by atoms with E-state index >= 15 is 0 Å². The summed E-state index contributed by atoms with van der Waals surface area (Å²) in [6.07, 6.45) is 0. The Morgan fingerprint density at radius 3 is 2.13 bits per heavy atom. The Bertz CT molecular complexity index is 406. The summed E-state index contributed by atoms with van der Waals surface area (Å²) in [5.41, 5.74) is -1.42. The third kappa shape index (κ3) is 4.35. The van der Waals surface area contributed by atoms with Gasteiger partial charge < -0.3 is 5.41 Å². The van der Waals surface area contributed by atoms with Gasteiger partial charge in [-0.2, -0.15) is 8.42 Å². The van der Waals surface area contributed by atoms with Crippen LogP contribution in [0.15, 0.2) is 12.2 Å². The first-order valence-electron chi connectivity index (χ1n) is 4.22. The van der Waals surface area contributed by atoms with Crippen LogP contribution >= 0.6 is 0 Å². The van der Waals surface area contributed by atoms with Crippen molar-refractivity contribution in [1.29, 1.82) is 5.41 Å². The first-order valence-corrected chi connectivity index (χ1v) is 5.82. The molecule has 86 valence electrons. The van der Waals surface area contributed by atoms with Gasteiger partial charge in [-0.25, -0.2) is 0 Å². The predicted octanol–water partition coefficient (Wildman–Crippen LogP) is 1.07. The standard InChI is InChI=1S/C9H15NO4S/c1-6(2)7(11)8(10)9(3,4)5-15(12,13)14/h10H,1,5H2,2-4H3,(H,12,13,14). The number of allylic oxidation sites excluding steroid dienone is 1. The molecule has 0 aromatic heterocycles. The Hall–Kier alpha value is -1.01. The maximum Gasteiger partial charge on any atom is 0.265 e. The SMILES string of the molecule is C=C(C)C(=O)C(=N)C(C)(C)CS(=O)(=O)O. The van der Waals surface area contributed by atoms with Crippen LogP contribution in [0.5, 0.6) is 0 Å². The van der Waals surface area contributed by atoms with Crippen molar-refractivity contribution in [3.63, 3.8) is 0 Å². The fourth-order valence-electron chi connectivity index (χ4n) is 1.05. The molecule has 0 amide bonds. The van der Waals surface area contributed by atoms with Gasteiger partial charge in [0.2, 0.25) is 5.78 Å². The predicted molar refractivity (Wildman–Crippen MR) is 57.7 cm³/mol. The van der Waals surface area contributed by atoms with Gasteiger partial charge in [-0.3, -0.25) is 9.35 Å². The van der Waals surface area contributed by atoms with E-state index in [0.717, 1.165) is 0 Å². The quantitative estimate of drug-likeness (QED) is 0.421. The third-order valence-corrected chi connectivity index (χ3v) is 2.92. The van der Waals surface area contributed by atoms with Crippen molar-refractivity contribution in [1.82, 2.24) is 0 Å². The summed E-state index contributed by atoms with van der Waals surface area (Å²) >= 11 is 0. The summed E-state index contributed by atoms with van der Waals surface area (Å²) in [7, 11) is -4.21. The fraction of sp³-hybridized carbons (Fsp3) is 0.556. The molecule has 0 aliphatic carbocycles. The minimum atomic E-state index is -4.21. The van der Waals surface area contributed by atoms with E-state index < -0.39 is 27.1 Å². The van der Waals surface area contributed by atoms with E-state index in [2.05, 4.69) is 6.58 Å². The Morgan fingerprint density at radius 2 is 1.87 bits per heavy atom. The van der Waals surface area contributed by atoms with Crippen molar-refractivity contribution >= 4 is 21.6 Å². The van der Waals surface area contributed by atoms with Crippen molar-refractivity contribution in [3.05, 3.63) is 12.2 Å². The normalized spacial score (nSPS) is 12.3. The average molecular weight is 233 g/mol. The lowest BCUT2D eigenvalue weighted by atomic mass is 9.85. The number of Topliss-reactive ketones (excluding diaryl/α,β-unsaturated/α-hetero) is 1. The first-order chi connectivity index (χ1) is 6.47. The van der Waals surface area contributed by atoms with E-state index in [9.17, 15) is 13.2 Å². The Labute approximate surface area is 89.4 Å². The monoisotopic (exact) mass is 233 g/mol. The highest BCUT2D eigenvalue weighted by molar-refractivity contribution is 7.85. The summed E-state index contributed by atoms with van der Waals surface area (Å²) in [5.74, 6) is -1.25. The van der Waals surface area contributed by atoms with Crippen molar-refractivity contribution in [2.45, 2.75) is 20.8 Å². The van der Waals surface area contributed by atoms with Gasteiger partial charge in [-0.1, -0.05) is 20.4 Å². The molecule has 0 heterocycles. The van der Waals surface area contributed by atoms with Crippen LogP contribution in [0, 0.1) is 10.8 Å². The molecule has 0 spiro atoms. The van der Waals surface area contributed by atoms with E-state index in [4.69, 9.17) is 9.96 Å². The highest BCUT2D eigenvalue weighted by Crippen LogP contribution is 2.21. The fourth-order valence-corrected chi connectivity index (χ4v) is 2.11. The molecule has 0 saturated carbocycles. The van der Waals surface area contributed by atoms with Gasteiger partial charge >= 0.3 is 0 Å². The van der Waals surface area contributed by atoms with Gasteiger partial charge in [0.15, 0.2) is 0 Å². The largest absolute Gasteiger partial charge is 0.301 e. The molecule has 0 fully saturated rings. The summed E-state index contributed by atoms with van der Waals surface area (Å²) in [6.45, 7) is 7.64. The van der Waals surface area contributed by atoms with Gasteiger partial charge in [-0.05, 0) is 12.5 Å². The molecule has 15 heavy (non-hydrogen) atoms. The number of hydrogen-bond acceptors (Lipinski definition) is 4. The number of ketones is 1. The van der Waals surface area contributed by atoms with Crippen LogP contribution in [0.25, 0.3) is 0 Å². The lowest BCUT2D eigenvalue weighted by Crippen LogP contribution is -2.37. The van der Waals surface area contributed by atoms with Crippen LogP contribution in [-0.4, -0.2) is 30.2 Å². The third-order valence-electron chi connectivity index (χ3n) is 1.83. The molecule has 0 aromatic carbocycles. The second kappa shape index (κ2) is 4.24. The molecule has 0 aliphatic rings. The second-order valence-electron chi connectivity index (χ2n) is 4.09. The lowest BCUT2D eigenvalue weighted by molar-refractivity contribution is -0.110. The summed E-state index contributed by atoms with van der Waals surface area (Å²) in [5, 5.41) is 7.52. The smallest absolute Gasteiger partial charge is 0.265 e. The van der Waals surface area contributed by atoms with Gasteiger partial charge in [-0.15, -0.1) is 0 Å². The van der Waals surface area contributed by atoms with Crippen LogP contribution < -0.4 is 0 Å². The molecule has 0 aromatic rings. The molecular formula is C9H15NO4S. The number of nitrogens with one attached hydrogen (secondary N) is 1. The zero-order chi connectivity index (χ0) is 12.4. The van der Waals surface area contributed by atoms with E-state index in [1.54, 1.807) is 0 Å². The molecule has 5 nitrogen and oxygen atoms in total. The molecule has 0 atom stereocenters. The second-order valence-corrected chi connectivity index (χ2v) is 5.55. The Balaban J connectivity index is 4.98. The Morgan fingerprint density at radius 1 is 1.47 bits per heavy atom. The van der Waals surface area contributed by atoms with Crippen molar-refractivity contribution in [2.24, 2.45) is 5.41 Å². The number of carbonyl (C=O) groups excluding carboxylic acids is 1. The van der Waals surface area contributed by atoms with E-state index in [1.807, 2.05) is 0 Å². The van der Waals surface area contributed by atoms with E-state index in [1.165, 1.54) is 20.8 Å². The molecule has 0 radical (unpaired) electrons. The molecule has 0 bridgehead atoms. The van der Waals surface area contributed by atoms with Crippen molar-refractivity contribution in [2.75, 3.05) is 5.75 Å². The first kappa shape index (κ1) is 14.0. The molecule has 6 heteroatoms. The molecule has 0 unspecified atom stereocenters. The van der Waals surface area contributed by atoms with Crippen molar-refractivity contribution < 1.29 is 17.8 Å². The van der Waals surface area contributed by atoms with E-state index in [-0.39, 0.29) is 11.3 Å². The minimum absolute atomic E-state index is 0.170. The molecule has 0 aliphatic heterocycles. The van der Waals surface area contributed by atoms with Crippen LogP contribution in [0.1, 0.15) is 20.8 Å². The molecule has 0 saturated heterocycles. The Kier molecular flexibility index (Phi) is 3.95. The zero-order valence-electron chi connectivity index (χ0n) is 8.99. The van der Waals surface area contributed by atoms with Crippen LogP contribution in [0.2, 0.25) is 0 Å². The molecular weight excluding hydrogens is 218 g/mol. The number of rotatable bonds is 5. The average Bonchev–Trinajstić information content (AvgIpc) is 1.96. The van der Waals surface area contributed by atoms with Crippen LogP contribution in [0.3, 0.4) is 0 Å². The van der Waals surface area contributed by atoms with Gasteiger partial charge in [0.25, 0.3) is 10.1 Å². The zero-order valence-corrected chi connectivity index (χ0v) is 9.81. The van der Waals surface area contributed by atoms with Gasteiger partial charge in [0, 0.05) is 5.41 Å². The summed E-state index contributed by atoms with van der Waals surface area (Å²) in [4.78, 5) is 11.4. The number of carbonyl (C=O) groups is 1. The topological polar surface area (TPSA) is 95.3 Å². The van der Waals surface area contributed by atoms with Gasteiger partial charge in [0.1, 0.15) is 0 Å². The van der Waals surface area contributed by atoms with Crippen LogP contribution in [-0.2, 0) is 14.9 Å². The maximum absolute atomic E-state index is 11.4. The number of hydrogen-bond donors (Lipinski definition) is 2. The van der Waals surface area contributed by atoms with Crippen molar-refractivity contribution in [3.8, 4) is 0 Å².